The van der Waals surface area contributed by atoms with Crippen LogP contribution in [0.2, 0.25) is 0 Å². The van der Waals surface area contributed by atoms with Gasteiger partial charge in [-0.15, -0.1) is 0 Å². The molecule has 1 aliphatic carbocycles. The Kier molecular flexibility index (Phi) is 13.0. The molecular formula is C32H44BrFO3. The molecule has 0 saturated heterocycles. The summed E-state index contributed by atoms with van der Waals surface area (Å²) in [6.07, 6.45) is 11.1. The van der Waals surface area contributed by atoms with Crippen molar-refractivity contribution in [1.82, 2.24) is 0 Å². The number of benzene rings is 2. The number of hydrogen-bond acceptors (Lipinski definition) is 3. The third kappa shape index (κ3) is 10.1. The minimum atomic E-state index is -1.46. The van der Waals surface area contributed by atoms with E-state index in [0.717, 1.165) is 74.6 Å². The quantitative estimate of drug-likeness (QED) is 0.157. The van der Waals surface area contributed by atoms with E-state index in [1.54, 1.807) is 0 Å². The van der Waals surface area contributed by atoms with Gasteiger partial charge in [-0.25, -0.2) is 9.18 Å². The maximum Gasteiger partial charge on any atom is 0.340 e. The molecule has 204 valence electrons. The molecule has 2 aromatic rings. The van der Waals surface area contributed by atoms with E-state index in [2.05, 4.69) is 65.3 Å². The van der Waals surface area contributed by atoms with E-state index >= 15 is 0 Å². The van der Waals surface area contributed by atoms with Crippen LogP contribution in [0.3, 0.4) is 0 Å². The normalized spacial score (nSPS) is 18.4. The number of unbranched alkanes of at least 4 members (excludes halogenated alkanes) is 4. The molecule has 0 unspecified atom stereocenters. The fraction of sp³-hybridized carbons (Fsp3) is 0.594. The predicted octanol–water partition coefficient (Wildman–Crippen LogP) is 9.64. The highest BCUT2D eigenvalue weighted by molar-refractivity contribution is 9.10. The molecule has 0 radical (unpaired) electrons. The Morgan fingerprint density at radius 2 is 1.65 bits per heavy atom. The van der Waals surface area contributed by atoms with Crippen molar-refractivity contribution in [3.05, 3.63) is 52.5 Å². The average molecular weight is 576 g/mol. The van der Waals surface area contributed by atoms with Crippen molar-refractivity contribution in [1.29, 1.82) is 0 Å². The summed E-state index contributed by atoms with van der Waals surface area (Å²) < 4.78 is 26.3. The van der Waals surface area contributed by atoms with Gasteiger partial charge in [-0.2, -0.15) is 0 Å². The molecule has 0 amide bonds. The first-order valence-corrected chi connectivity index (χ1v) is 15.2. The van der Waals surface area contributed by atoms with Crippen LogP contribution in [0.15, 0.2) is 46.9 Å². The van der Waals surface area contributed by atoms with E-state index in [4.69, 9.17) is 9.47 Å². The highest BCUT2D eigenvalue weighted by atomic mass is 79.9. The molecule has 1 saturated carbocycles. The van der Waals surface area contributed by atoms with E-state index in [1.807, 2.05) is 6.92 Å². The first-order valence-electron chi connectivity index (χ1n) is 14.4. The van der Waals surface area contributed by atoms with Gasteiger partial charge in [0.1, 0.15) is 11.9 Å². The summed E-state index contributed by atoms with van der Waals surface area (Å²) in [5.74, 6) is 0.886. The standard InChI is InChI=1S/C32H44BrFO3/c1-3-5-7-8-22-36-31-21-18-27(23-29(31)33)26-16-12-24(13-17-26)10-11-25-14-19-28(20-15-25)37-32(35)30(34)9-6-4-2/h12-13,16-18,21,23,25,28,30H,3-11,14-15,19-20,22H2,1-2H3/t25-,28-,30-/m0/s1. The van der Waals surface area contributed by atoms with Crippen molar-refractivity contribution in [2.45, 2.75) is 110 Å². The number of esters is 1. The van der Waals surface area contributed by atoms with E-state index in [1.165, 1.54) is 36.0 Å². The summed E-state index contributed by atoms with van der Waals surface area (Å²) in [5.41, 5.74) is 3.72. The number of carbonyl (C=O) groups excluding carboxylic acids is 1. The second kappa shape index (κ2) is 16.2. The Labute approximate surface area is 231 Å². The number of alkyl halides is 1. The summed E-state index contributed by atoms with van der Waals surface area (Å²) >= 11 is 3.67. The van der Waals surface area contributed by atoms with Crippen LogP contribution in [0.1, 0.15) is 96.5 Å². The lowest BCUT2D eigenvalue weighted by atomic mass is 9.83. The summed E-state index contributed by atoms with van der Waals surface area (Å²) in [4.78, 5) is 11.9. The lowest BCUT2D eigenvalue weighted by Gasteiger charge is -2.28. The van der Waals surface area contributed by atoms with Crippen molar-refractivity contribution < 1.29 is 18.7 Å². The lowest BCUT2D eigenvalue weighted by molar-refractivity contribution is -0.157. The van der Waals surface area contributed by atoms with Crippen LogP contribution in [0.25, 0.3) is 11.1 Å². The summed E-state index contributed by atoms with van der Waals surface area (Å²) in [5, 5.41) is 0. The third-order valence-corrected chi connectivity index (χ3v) is 8.08. The van der Waals surface area contributed by atoms with E-state index < -0.39 is 12.1 Å². The Hall–Kier alpha value is -1.88. The molecule has 2 aromatic carbocycles. The number of carbonyl (C=O) groups is 1. The van der Waals surface area contributed by atoms with Gasteiger partial charge in [-0.05, 0) is 102 Å². The zero-order chi connectivity index (χ0) is 26.5. The fourth-order valence-electron chi connectivity index (χ4n) is 5.02. The SMILES string of the molecule is CCCCCCOc1ccc(-c2ccc(CC[C@H]3CC[C@H](OC(=O)[C@@H](F)CCCC)CC3)cc2)cc1Br. The van der Waals surface area contributed by atoms with Crippen LogP contribution in [0.4, 0.5) is 4.39 Å². The Morgan fingerprint density at radius 3 is 2.32 bits per heavy atom. The van der Waals surface area contributed by atoms with Gasteiger partial charge in [0, 0.05) is 0 Å². The first kappa shape index (κ1) is 29.7. The zero-order valence-electron chi connectivity index (χ0n) is 22.7. The van der Waals surface area contributed by atoms with Gasteiger partial charge in [0.05, 0.1) is 11.1 Å². The second-order valence-corrected chi connectivity index (χ2v) is 11.3. The molecule has 37 heavy (non-hydrogen) atoms. The molecule has 1 fully saturated rings. The summed E-state index contributed by atoms with van der Waals surface area (Å²) in [6.45, 7) is 4.98. The predicted molar refractivity (Wildman–Crippen MR) is 154 cm³/mol. The third-order valence-electron chi connectivity index (χ3n) is 7.46. The number of rotatable bonds is 15. The summed E-state index contributed by atoms with van der Waals surface area (Å²) in [6, 6.07) is 15.2. The number of aryl methyl sites for hydroxylation is 1. The van der Waals surface area contributed by atoms with Crippen molar-refractivity contribution >= 4 is 21.9 Å². The molecule has 5 heteroatoms. The molecule has 0 N–H and O–H groups in total. The van der Waals surface area contributed by atoms with Gasteiger partial charge < -0.3 is 9.47 Å². The maximum absolute atomic E-state index is 13.9. The highest BCUT2D eigenvalue weighted by Gasteiger charge is 2.27. The minimum Gasteiger partial charge on any atom is -0.492 e. The molecule has 3 rings (SSSR count). The first-order chi connectivity index (χ1) is 18.0. The van der Waals surface area contributed by atoms with Crippen molar-refractivity contribution in [3.8, 4) is 16.9 Å². The van der Waals surface area contributed by atoms with Gasteiger partial charge in [0.25, 0.3) is 0 Å². The van der Waals surface area contributed by atoms with Crippen LogP contribution in [0.5, 0.6) is 5.75 Å². The topological polar surface area (TPSA) is 35.5 Å². The van der Waals surface area contributed by atoms with E-state index in [-0.39, 0.29) is 12.5 Å². The number of hydrogen-bond donors (Lipinski definition) is 0. The average Bonchev–Trinajstić information content (AvgIpc) is 2.92. The minimum absolute atomic E-state index is 0.111. The largest absolute Gasteiger partial charge is 0.492 e. The molecule has 0 aliphatic heterocycles. The lowest BCUT2D eigenvalue weighted by Crippen LogP contribution is -2.29. The molecule has 3 nitrogen and oxygen atoms in total. The maximum atomic E-state index is 13.9. The molecule has 0 aromatic heterocycles. The smallest absolute Gasteiger partial charge is 0.340 e. The number of halogens is 2. The monoisotopic (exact) mass is 574 g/mol. The van der Waals surface area contributed by atoms with Crippen LogP contribution >= 0.6 is 15.9 Å². The van der Waals surface area contributed by atoms with Gasteiger partial charge >= 0.3 is 5.97 Å². The molecule has 0 heterocycles. The van der Waals surface area contributed by atoms with E-state index in [0.29, 0.717) is 5.92 Å². The van der Waals surface area contributed by atoms with Crippen LogP contribution < -0.4 is 4.74 Å². The molecule has 1 atom stereocenters. The van der Waals surface area contributed by atoms with Gasteiger partial charge in [-0.3, -0.25) is 0 Å². The molecular weight excluding hydrogens is 531 g/mol. The van der Waals surface area contributed by atoms with Crippen LogP contribution in [0, 0.1) is 5.92 Å². The summed E-state index contributed by atoms with van der Waals surface area (Å²) in [7, 11) is 0. The van der Waals surface area contributed by atoms with Gasteiger partial charge in [0.2, 0.25) is 0 Å². The highest BCUT2D eigenvalue weighted by Crippen LogP contribution is 2.32. The van der Waals surface area contributed by atoms with E-state index in [9.17, 15) is 9.18 Å². The second-order valence-electron chi connectivity index (χ2n) is 10.5. The van der Waals surface area contributed by atoms with Crippen LogP contribution in [-0.4, -0.2) is 24.9 Å². The number of ether oxygens (including phenoxy) is 2. The molecule has 0 bridgehead atoms. The van der Waals surface area contributed by atoms with Crippen molar-refractivity contribution in [2.24, 2.45) is 5.92 Å². The molecule has 1 aliphatic rings. The van der Waals surface area contributed by atoms with Gasteiger partial charge in [-0.1, -0.05) is 76.3 Å². The molecule has 0 spiro atoms. The van der Waals surface area contributed by atoms with Crippen LogP contribution in [-0.2, 0) is 16.0 Å². The Morgan fingerprint density at radius 1 is 0.946 bits per heavy atom. The fourth-order valence-corrected chi connectivity index (χ4v) is 5.51. The Balaban J connectivity index is 1.40. The van der Waals surface area contributed by atoms with Crippen molar-refractivity contribution in [3.63, 3.8) is 0 Å². The van der Waals surface area contributed by atoms with Gasteiger partial charge in [0.15, 0.2) is 6.17 Å². The van der Waals surface area contributed by atoms with Crippen molar-refractivity contribution in [2.75, 3.05) is 6.61 Å². The zero-order valence-corrected chi connectivity index (χ0v) is 24.2. The Bertz CT molecular complexity index is 938.